The highest BCUT2D eigenvalue weighted by molar-refractivity contribution is 7.85. The summed E-state index contributed by atoms with van der Waals surface area (Å²) >= 11 is 11.3. The van der Waals surface area contributed by atoms with Gasteiger partial charge in [0.05, 0.1) is 4.90 Å². The van der Waals surface area contributed by atoms with Gasteiger partial charge in [-0.3, -0.25) is 4.55 Å². The predicted octanol–water partition coefficient (Wildman–Crippen LogP) is 2.48. The van der Waals surface area contributed by atoms with Crippen molar-refractivity contribution in [3.05, 3.63) is 34.3 Å². The van der Waals surface area contributed by atoms with Crippen molar-refractivity contribution in [3.8, 4) is 0 Å². The Morgan fingerprint density at radius 2 is 1.75 bits per heavy atom. The van der Waals surface area contributed by atoms with Gasteiger partial charge in [-0.2, -0.15) is 23.4 Å². The first-order chi connectivity index (χ1) is 9.27. The highest BCUT2D eigenvalue weighted by Crippen LogP contribution is 2.25. The SMILES string of the molecule is Cc1c(Nc2nc(Cl)nc(Cl)n2)cccc1S(=O)(=O)O. The molecule has 20 heavy (non-hydrogen) atoms. The molecule has 2 rings (SSSR count). The van der Waals surface area contributed by atoms with Gasteiger partial charge in [-0.15, -0.1) is 0 Å². The van der Waals surface area contributed by atoms with Crippen LogP contribution in [0.5, 0.6) is 0 Å². The quantitative estimate of drug-likeness (QED) is 0.830. The molecule has 0 bridgehead atoms. The summed E-state index contributed by atoms with van der Waals surface area (Å²) < 4.78 is 31.5. The number of hydrogen-bond donors (Lipinski definition) is 2. The Hall–Kier alpha value is -1.48. The number of nitrogens with one attached hydrogen (secondary N) is 1. The molecular formula is C10H8Cl2N4O3S. The largest absolute Gasteiger partial charge is 0.324 e. The molecule has 0 amide bonds. The standard InChI is InChI=1S/C10H8Cl2N4O3S/c1-5-6(3-2-4-7(5)20(17,18)19)13-10-15-8(11)14-9(12)16-10/h2-4H,1H3,(H,17,18,19)(H,13,14,15,16). The number of aromatic nitrogens is 3. The van der Waals surface area contributed by atoms with E-state index in [1.54, 1.807) is 6.07 Å². The molecule has 0 aliphatic carbocycles. The Balaban J connectivity index is 2.44. The molecule has 106 valence electrons. The van der Waals surface area contributed by atoms with Gasteiger partial charge in [0.15, 0.2) is 0 Å². The summed E-state index contributed by atoms with van der Waals surface area (Å²) in [6.45, 7) is 1.52. The topological polar surface area (TPSA) is 105 Å². The maximum Gasteiger partial charge on any atom is 0.294 e. The van der Waals surface area contributed by atoms with Gasteiger partial charge in [0.1, 0.15) is 0 Å². The normalized spacial score (nSPS) is 11.4. The molecule has 0 fully saturated rings. The zero-order valence-corrected chi connectivity index (χ0v) is 12.3. The molecule has 0 aliphatic heterocycles. The van der Waals surface area contributed by atoms with E-state index in [1.165, 1.54) is 19.1 Å². The number of nitrogens with zero attached hydrogens (tertiary/aromatic N) is 3. The summed E-state index contributed by atoms with van der Waals surface area (Å²) in [6.07, 6.45) is 0. The van der Waals surface area contributed by atoms with Gasteiger partial charge in [0, 0.05) is 5.69 Å². The van der Waals surface area contributed by atoms with Crippen LogP contribution in [0, 0.1) is 6.92 Å². The number of benzene rings is 1. The molecule has 1 aromatic heterocycles. The average Bonchev–Trinajstić information content (AvgIpc) is 2.29. The van der Waals surface area contributed by atoms with E-state index < -0.39 is 10.1 Å². The minimum Gasteiger partial charge on any atom is -0.324 e. The molecule has 1 heterocycles. The van der Waals surface area contributed by atoms with Crippen LogP contribution in [0.2, 0.25) is 10.6 Å². The lowest BCUT2D eigenvalue weighted by Crippen LogP contribution is -2.05. The molecular weight excluding hydrogens is 327 g/mol. The fourth-order valence-corrected chi connectivity index (χ4v) is 2.64. The van der Waals surface area contributed by atoms with Crippen LogP contribution in [0.15, 0.2) is 23.1 Å². The van der Waals surface area contributed by atoms with Crippen LogP contribution >= 0.6 is 23.2 Å². The number of anilines is 2. The molecule has 10 heteroatoms. The maximum absolute atomic E-state index is 11.2. The minimum absolute atomic E-state index is 0.0607. The number of halogens is 2. The van der Waals surface area contributed by atoms with E-state index in [0.29, 0.717) is 11.3 Å². The lowest BCUT2D eigenvalue weighted by molar-refractivity contribution is 0.482. The zero-order valence-electron chi connectivity index (χ0n) is 10.0. The molecule has 0 unspecified atom stereocenters. The van der Waals surface area contributed by atoms with Crippen LogP contribution in [-0.4, -0.2) is 27.9 Å². The molecule has 2 aromatic rings. The lowest BCUT2D eigenvalue weighted by atomic mass is 10.2. The molecule has 0 radical (unpaired) electrons. The van der Waals surface area contributed by atoms with E-state index in [0.717, 1.165) is 0 Å². The van der Waals surface area contributed by atoms with Crippen molar-refractivity contribution >= 4 is 45.0 Å². The van der Waals surface area contributed by atoms with Crippen molar-refractivity contribution in [3.63, 3.8) is 0 Å². The van der Waals surface area contributed by atoms with Crippen molar-refractivity contribution in [2.45, 2.75) is 11.8 Å². The highest BCUT2D eigenvalue weighted by Gasteiger charge is 2.16. The first-order valence-corrected chi connectivity index (χ1v) is 7.38. The van der Waals surface area contributed by atoms with E-state index in [9.17, 15) is 8.42 Å². The summed E-state index contributed by atoms with van der Waals surface area (Å²) in [5.74, 6) is 0.0607. The summed E-state index contributed by atoms with van der Waals surface area (Å²) in [5, 5.41) is 2.56. The third-order valence-electron chi connectivity index (χ3n) is 2.39. The van der Waals surface area contributed by atoms with E-state index in [4.69, 9.17) is 27.8 Å². The molecule has 1 aromatic carbocycles. The Labute approximate surface area is 124 Å². The monoisotopic (exact) mass is 334 g/mol. The van der Waals surface area contributed by atoms with Gasteiger partial charge < -0.3 is 5.32 Å². The fraction of sp³-hybridized carbons (Fsp3) is 0.100. The summed E-state index contributed by atoms with van der Waals surface area (Å²) in [5.41, 5.74) is 0.695. The third kappa shape index (κ3) is 3.34. The van der Waals surface area contributed by atoms with Crippen molar-refractivity contribution in [1.29, 1.82) is 0 Å². The van der Waals surface area contributed by atoms with E-state index in [1.807, 2.05) is 0 Å². The Bertz CT molecular complexity index is 747. The molecule has 7 nitrogen and oxygen atoms in total. The lowest BCUT2D eigenvalue weighted by Gasteiger charge is -2.10. The molecule has 0 atom stereocenters. The van der Waals surface area contributed by atoms with Crippen molar-refractivity contribution in [2.75, 3.05) is 5.32 Å². The zero-order chi connectivity index (χ0) is 14.9. The molecule has 0 saturated heterocycles. The van der Waals surface area contributed by atoms with Crippen LogP contribution in [0.4, 0.5) is 11.6 Å². The van der Waals surface area contributed by atoms with Gasteiger partial charge in [-0.25, -0.2) is 0 Å². The Kier molecular flexibility index (Phi) is 4.09. The van der Waals surface area contributed by atoms with E-state index >= 15 is 0 Å². The first kappa shape index (κ1) is 14.9. The van der Waals surface area contributed by atoms with Gasteiger partial charge in [-0.05, 0) is 47.8 Å². The highest BCUT2D eigenvalue weighted by atomic mass is 35.5. The van der Waals surface area contributed by atoms with Crippen molar-refractivity contribution in [2.24, 2.45) is 0 Å². The number of rotatable bonds is 3. The number of hydrogen-bond acceptors (Lipinski definition) is 6. The van der Waals surface area contributed by atoms with Gasteiger partial charge in [-0.1, -0.05) is 6.07 Å². The maximum atomic E-state index is 11.2. The van der Waals surface area contributed by atoms with E-state index in [2.05, 4.69) is 20.3 Å². The van der Waals surface area contributed by atoms with Crippen LogP contribution in [0.3, 0.4) is 0 Å². The third-order valence-corrected chi connectivity index (χ3v) is 3.73. The second-order valence-corrected chi connectivity index (χ2v) is 5.79. The second kappa shape index (κ2) is 5.49. The molecule has 2 N–H and O–H groups in total. The molecule has 0 saturated carbocycles. The average molecular weight is 335 g/mol. The van der Waals surface area contributed by atoms with Gasteiger partial charge in [0.25, 0.3) is 10.1 Å². The fourth-order valence-electron chi connectivity index (χ4n) is 1.53. The Morgan fingerprint density at radius 1 is 1.15 bits per heavy atom. The molecule has 0 spiro atoms. The van der Waals surface area contributed by atoms with E-state index in [-0.39, 0.29) is 21.4 Å². The van der Waals surface area contributed by atoms with Crippen molar-refractivity contribution < 1.29 is 13.0 Å². The van der Waals surface area contributed by atoms with Crippen LogP contribution in [0.25, 0.3) is 0 Å². The smallest absolute Gasteiger partial charge is 0.294 e. The van der Waals surface area contributed by atoms with Crippen molar-refractivity contribution in [1.82, 2.24) is 15.0 Å². The van der Waals surface area contributed by atoms with Gasteiger partial charge >= 0.3 is 0 Å². The predicted molar refractivity (Wildman–Crippen MR) is 74.1 cm³/mol. The summed E-state index contributed by atoms with van der Waals surface area (Å²) in [7, 11) is -4.31. The van der Waals surface area contributed by atoms with Crippen LogP contribution in [-0.2, 0) is 10.1 Å². The summed E-state index contributed by atoms with van der Waals surface area (Å²) in [6, 6.07) is 4.33. The van der Waals surface area contributed by atoms with Gasteiger partial charge in [0.2, 0.25) is 16.5 Å². The summed E-state index contributed by atoms with van der Waals surface area (Å²) in [4.78, 5) is 11.0. The van der Waals surface area contributed by atoms with Crippen LogP contribution in [0.1, 0.15) is 5.56 Å². The second-order valence-electron chi connectivity index (χ2n) is 3.73. The first-order valence-electron chi connectivity index (χ1n) is 5.18. The molecule has 0 aliphatic rings. The Morgan fingerprint density at radius 3 is 2.30 bits per heavy atom. The minimum atomic E-state index is -4.31. The van der Waals surface area contributed by atoms with Crippen LogP contribution < -0.4 is 5.32 Å².